The summed E-state index contributed by atoms with van der Waals surface area (Å²) in [5.41, 5.74) is 5.12. The molecule has 0 aliphatic rings. The Morgan fingerprint density at radius 3 is 2.43 bits per heavy atom. The molecule has 1 amide bonds. The first-order valence-corrected chi connectivity index (χ1v) is 9.41. The summed E-state index contributed by atoms with van der Waals surface area (Å²) < 4.78 is 26.6. The van der Waals surface area contributed by atoms with Gasteiger partial charge in [0, 0.05) is 24.7 Å². The van der Waals surface area contributed by atoms with Crippen LogP contribution < -0.4 is 15.8 Å². The molecule has 6 nitrogen and oxygen atoms in total. The molecule has 0 heterocycles. The Hall–Kier alpha value is -1.15. The van der Waals surface area contributed by atoms with Crippen LogP contribution in [0.5, 0.6) is 0 Å². The number of amides is 1. The van der Waals surface area contributed by atoms with Gasteiger partial charge in [0.25, 0.3) is 0 Å². The molecule has 0 fully saturated rings. The molecule has 0 spiro atoms. The fourth-order valence-electron chi connectivity index (χ4n) is 2.22. The smallest absolute Gasteiger partial charge is 0.240 e. The van der Waals surface area contributed by atoms with Gasteiger partial charge >= 0.3 is 0 Å². The minimum absolute atomic E-state index is 0.0919. The lowest BCUT2D eigenvalue weighted by Crippen LogP contribution is -2.47. The summed E-state index contributed by atoms with van der Waals surface area (Å²) in [5, 5.41) is 3.09. The summed E-state index contributed by atoms with van der Waals surface area (Å²) in [4.78, 5) is 12.3. The van der Waals surface area contributed by atoms with Crippen molar-refractivity contribution in [2.24, 2.45) is 11.1 Å². The predicted octanol–water partition coefficient (Wildman–Crippen LogP) is 1.50. The Balaban J connectivity index is 2.56. The zero-order valence-corrected chi connectivity index (χ0v) is 15.0. The second-order valence-electron chi connectivity index (χ2n) is 5.30. The maximum atomic E-state index is 12.2. The average Bonchev–Trinajstić information content (AvgIpc) is 2.54. The van der Waals surface area contributed by atoms with E-state index < -0.39 is 15.4 Å². The van der Waals surface area contributed by atoms with Crippen molar-refractivity contribution in [1.82, 2.24) is 10.0 Å². The molecule has 1 aromatic carbocycles. The van der Waals surface area contributed by atoms with Crippen molar-refractivity contribution in [3.63, 3.8) is 0 Å². The highest BCUT2D eigenvalue weighted by Crippen LogP contribution is 2.24. The van der Waals surface area contributed by atoms with E-state index >= 15 is 0 Å². The van der Waals surface area contributed by atoms with E-state index in [9.17, 15) is 13.2 Å². The van der Waals surface area contributed by atoms with E-state index in [1.807, 2.05) is 13.8 Å². The maximum absolute atomic E-state index is 12.2. The molecule has 23 heavy (non-hydrogen) atoms. The van der Waals surface area contributed by atoms with Crippen LogP contribution in [0.15, 0.2) is 29.2 Å². The third-order valence-electron chi connectivity index (χ3n) is 4.03. The van der Waals surface area contributed by atoms with Crippen LogP contribution in [0.1, 0.15) is 26.7 Å². The summed E-state index contributed by atoms with van der Waals surface area (Å²) in [6.45, 7) is 4.38. The van der Waals surface area contributed by atoms with Crippen LogP contribution in [0, 0.1) is 5.41 Å². The highest BCUT2D eigenvalue weighted by molar-refractivity contribution is 7.89. The molecule has 8 heteroatoms. The maximum Gasteiger partial charge on any atom is 0.240 e. The second kappa shape index (κ2) is 8.63. The van der Waals surface area contributed by atoms with Gasteiger partial charge in [0.2, 0.25) is 15.9 Å². The van der Waals surface area contributed by atoms with E-state index in [0.29, 0.717) is 17.9 Å². The Morgan fingerprint density at radius 1 is 1.26 bits per heavy atom. The highest BCUT2D eigenvalue weighted by atomic mass is 35.5. The summed E-state index contributed by atoms with van der Waals surface area (Å²) in [5.74, 6) is -0.146. The normalized spacial score (nSPS) is 12.2. The molecule has 1 rings (SSSR count). The molecule has 0 aliphatic heterocycles. The number of hydrogen-bond acceptors (Lipinski definition) is 4. The summed E-state index contributed by atoms with van der Waals surface area (Å²) in [7, 11) is -3.64. The first-order valence-electron chi connectivity index (χ1n) is 7.55. The fraction of sp³-hybridized carbons (Fsp3) is 0.533. The molecule has 0 bridgehead atoms. The van der Waals surface area contributed by atoms with Crippen LogP contribution in [0.4, 0.5) is 0 Å². The fourth-order valence-corrected chi connectivity index (χ4v) is 3.55. The van der Waals surface area contributed by atoms with Crippen LogP contribution in [-0.4, -0.2) is 34.0 Å². The van der Waals surface area contributed by atoms with Gasteiger partial charge in [0.15, 0.2) is 0 Å². The number of benzene rings is 1. The van der Waals surface area contributed by atoms with Gasteiger partial charge in [-0.2, -0.15) is 0 Å². The summed E-state index contributed by atoms with van der Waals surface area (Å²) in [6, 6.07) is 6.00. The summed E-state index contributed by atoms with van der Waals surface area (Å²) >= 11 is 5.79. The molecule has 1 aromatic rings. The highest BCUT2D eigenvalue weighted by Gasteiger charge is 2.32. The van der Waals surface area contributed by atoms with E-state index in [2.05, 4.69) is 10.0 Å². The number of sulfonamides is 1. The van der Waals surface area contributed by atoms with Crippen molar-refractivity contribution in [3.8, 4) is 0 Å². The topological polar surface area (TPSA) is 101 Å². The Labute approximate surface area is 142 Å². The molecule has 130 valence electrons. The van der Waals surface area contributed by atoms with Crippen LogP contribution in [0.3, 0.4) is 0 Å². The molecule has 0 aromatic heterocycles. The van der Waals surface area contributed by atoms with Crippen molar-refractivity contribution in [2.45, 2.75) is 31.6 Å². The molecule has 4 N–H and O–H groups in total. The van der Waals surface area contributed by atoms with Gasteiger partial charge in [-0.25, -0.2) is 13.1 Å². The van der Waals surface area contributed by atoms with Crippen molar-refractivity contribution in [2.75, 3.05) is 19.6 Å². The van der Waals surface area contributed by atoms with Crippen molar-refractivity contribution in [3.05, 3.63) is 29.3 Å². The zero-order chi connectivity index (χ0) is 17.5. The third-order valence-corrected chi connectivity index (χ3v) is 5.73. The SMILES string of the molecule is CCC(CC)(CN)C(=O)NCCNS(=O)(=O)c1cccc(Cl)c1. The number of rotatable bonds is 9. The van der Waals surface area contributed by atoms with Gasteiger partial charge in [-0.15, -0.1) is 0 Å². The standard InChI is InChI=1S/C15H24ClN3O3S/c1-3-15(4-2,11-17)14(20)18-8-9-19-23(21,22)13-7-5-6-12(16)10-13/h5-7,10,19H,3-4,8-9,11,17H2,1-2H3,(H,18,20). The van der Waals surface area contributed by atoms with Gasteiger partial charge in [-0.1, -0.05) is 31.5 Å². The van der Waals surface area contributed by atoms with E-state index in [0.717, 1.165) is 0 Å². The lowest BCUT2D eigenvalue weighted by atomic mass is 9.81. The Morgan fingerprint density at radius 2 is 1.91 bits per heavy atom. The number of carbonyl (C=O) groups is 1. The van der Waals surface area contributed by atoms with E-state index in [1.54, 1.807) is 12.1 Å². The second-order valence-corrected chi connectivity index (χ2v) is 7.51. The summed E-state index contributed by atoms with van der Waals surface area (Å²) in [6.07, 6.45) is 1.28. The molecule has 0 saturated carbocycles. The van der Waals surface area contributed by atoms with E-state index in [-0.39, 0.29) is 30.4 Å². The minimum atomic E-state index is -3.64. The van der Waals surface area contributed by atoms with E-state index in [4.69, 9.17) is 17.3 Å². The quantitative estimate of drug-likeness (QED) is 0.580. The predicted molar refractivity (Wildman–Crippen MR) is 91.7 cm³/mol. The van der Waals surface area contributed by atoms with Crippen molar-refractivity contribution < 1.29 is 13.2 Å². The number of halogens is 1. The molecule has 0 unspecified atom stereocenters. The first kappa shape index (κ1) is 19.9. The Bertz CT molecular complexity index is 622. The van der Waals surface area contributed by atoms with Crippen LogP contribution in [-0.2, 0) is 14.8 Å². The molecule has 0 aliphatic carbocycles. The number of carbonyl (C=O) groups excluding carboxylic acids is 1. The van der Waals surface area contributed by atoms with Gasteiger partial charge < -0.3 is 11.1 Å². The van der Waals surface area contributed by atoms with Crippen LogP contribution in [0.25, 0.3) is 0 Å². The lowest BCUT2D eigenvalue weighted by molar-refractivity contribution is -0.130. The number of hydrogen-bond donors (Lipinski definition) is 3. The average molecular weight is 362 g/mol. The minimum Gasteiger partial charge on any atom is -0.354 e. The van der Waals surface area contributed by atoms with E-state index in [1.165, 1.54) is 12.1 Å². The lowest BCUT2D eigenvalue weighted by Gasteiger charge is -2.28. The molecular formula is C15H24ClN3O3S. The van der Waals surface area contributed by atoms with Crippen LogP contribution >= 0.6 is 11.6 Å². The van der Waals surface area contributed by atoms with Gasteiger partial charge in [0.1, 0.15) is 0 Å². The van der Waals surface area contributed by atoms with Crippen LogP contribution in [0.2, 0.25) is 5.02 Å². The molecule has 0 atom stereocenters. The van der Waals surface area contributed by atoms with Crippen molar-refractivity contribution >= 4 is 27.5 Å². The van der Waals surface area contributed by atoms with Crippen molar-refractivity contribution in [1.29, 1.82) is 0 Å². The monoisotopic (exact) mass is 361 g/mol. The largest absolute Gasteiger partial charge is 0.354 e. The Kier molecular flexibility index (Phi) is 7.47. The number of nitrogens with one attached hydrogen (secondary N) is 2. The van der Waals surface area contributed by atoms with Gasteiger partial charge in [0.05, 0.1) is 10.3 Å². The van der Waals surface area contributed by atoms with Gasteiger partial charge in [-0.05, 0) is 31.0 Å². The molecular weight excluding hydrogens is 338 g/mol. The molecule has 0 saturated heterocycles. The first-order chi connectivity index (χ1) is 10.8. The molecule has 0 radical (unpaired) electrons. The number of nitrogens with two attached hydrogens (primary N) is 1. The zero-order valence-electron chi connectivity index (χ0n) is 13.4. The van der Waals surface area contributed by atoms with Gasteiger partial charge in [-0.3, -0.25) is 4.79 Å². The third kappa shape index (κ3) is 5.17.